The summed E-state index contributed by atoms with van der Waals surface area (Å²) in [6.45, 7) is 5.32. The highest BCUT2D eigenvalue weighted by atomic mass is 16.6. The molecule has 0 amide bonds. The van der Waals surface area contributed by atoms with Crippen LogP contribution in [0.3, 0.4) is 0 Å². The molecule has 2 aliphatic carbocycles. The van der Waals surface area contributed by atoms with Gasteiger partial charge in [0.15, 0.2) is 0 Å². The second-order valence-corrected chi connectivity index (χ2v) is 6.20. The third-order valence-electron chi connectivity index (χ3n) is 4.81. The first-order valence-corrected chi connectivity index (χ1v) is 8.22. The standard InChI is InChI=1S/C16H31NO2/c1-4-9-18-16-14(17-3)11-15(16)19-13-8-6-7-12(5-2)10-13/h12-17H,4-11H2,1-3H3. The summed E-state index contributed by atoms with van der Waals surface area (Å²) in [4.78, 5) is 0. The van der Waals surface area contributed by atoms with Gasteiger partial charge in [0, 0.05) is 12.6 Å². The fraction of sp³-hybridized carbons (Fsp3) is 1.00. The van der Waals surface area contributed by atoms with E-state index in [1.54, 1.807) is 0 Å². The van der Waals surface area contributed by atoms with E-state index in [0.717, 1.165) is 25.4 Å². The van der Waals surface area contributed by atoms with E-state index in [1.807, 2.05) is 7.05 Å². The van der Waals surface area contributed by atoms with Gasteiger partial charge in [0.1, 0.15) is 0 Å². The Labute approximate surface area is 118 Å². The summed E-state index contributed by atoms with van der Waals surface area (Å²) in [6.07, 6.45) is 9.82. The summed E-state index contributed by atoms with van der Waals surface area (Å²) in [5.41, 5.74) is 0. The molecule has 0 heterocycles. The van der Waals surface area contributed by atoms with Crippen LogP contribution in [0.4, 0.5) is 0 Å². The van der Waals surface area contributed by atoms with Crippen LogP contribution in [0.2, 0.25) is 0 Å². The molecule has 0 spiro atoms. The number of ether oxygens (including phenoxy) is 2. The molecule has 0 radical (unpaired) electrons. The summed E-state index contributed by atoms with van der Waals surface area (Å²) >= 11 is 0. The molecule has 0 aromatic heterocycles. The van der Waals surface area contributed by atoms with Crippen LogP contribution in [0.15, 0.2) is 0 Å². The van der Waals surface area contributed by atoms with Gasteiger partial charge in [-0.25, -0.2) is 0 Å². The predicted octanol–water partition coefficient (Wildman–Crippen LogP) is 3.13. The van der Waals surface area contributed by atoms with Crippen LogP contribution in [0.25, 0.3) is 0 Å². The Morgan fingerprint density at radius 1 is 1.16 bits per heavy atom. The van der Waals surface area contributed by atoms with Gasteiger partial charge in [0.25, 0.3) is 0 Å². The van der Waals surface area contributed by atoms with Crippen molar-refractivity contribution in [3.05, 3.63) is 0 Å². The van der Waals surface area contributed by atoms with Crippen LogP contribution >= 0.6 is 0 Å². The third kappa shape index (κ3) is 3.93. The maximum Gasteiger partial charge on any atom is 0.0990 e. The fourth-order valence-corrected chi connectivity index (χ4v) is 3.46. The molecule has 0 bridgehead atoms. The maximum absolute atomic E-state index is 6.34. The summed E-state index contributed by atoms with van der Waals surface area (Å²) in [5.74, 6) is 0.883. The monoisotopic (exact) mass is 269 g/mol. The zero-order valence-corrected chi connectivity index (χ0v) is 12.9. The van der Waals surface area contributed by atoms with E-state index in [-0.39, 0.29) is 6.10 Å². The van der Waals surface area contributed by atoms with Gasteiger partial charge >= 0.3 is 0 Å². The van der Waals surface area contributed by atoms with Gasteiger partial charge in [0.2, 0.25) is 0 Å². The number of likely N-dealkylation sites (N-methyl/N-ethyl adjacent to an activating group) is 1. The van der Waals surface area contributed by atoms with Gasteiger partial charge < -0.3 is 14.8 Å². The van der Waals surface area contributed by atoms with E-state index in [1.165, 1.54) is 32.1 Å². The Kier molecular flexibility index (Phi) is 6.11. The summed E-state index contributed by atoms with van der Waals surface area (Å²) in [6, 6.07) is 0.488. The lowest BCUT2D eigenvalue weighted by Crippen LogP contribution is -2.60. The molecule has 3 nitrogen and oxygen atoms in total. The Balaban J connectivity index is 1.78. The van der Waals surface area contributed by atoms with E-state index in [0.29, 0.717) is 18.2 Å². The minimum Gasteiger partial charge on any atom is -0.374 e. The molecule has 2 fully saturated rings. The van der Waals surface area contributed by atoms with Gasteiger partial charge in [-0.3, -0.25) is 0 Å². The highest BCUT2D eigenvalue weighted by molar-refractivity contribution is 4.97. The molecule has 0 aliphatic heterocycles. The van der Waals surface area contributed by atoms with Crippen LogP contribution in [0.1, 0.15) is 58.8 Å². The largest absolute Gasteiger partial charge is 0.374 e. The van der Waals surface area contributed by atoms with Crippen molar-refractivity contribution in [2.75, 3.05) is 13.7 Å². The summed E-state index contributed by atoms with van der Waals surface area (Å²) in [7, 11) is 2.02. The van der Waals surface area contributed by atoms with Crippen molar-refractivity contribution in [3.63, 3.8) is 0 Å². The molecular weight excluding hydrogens is 238 g/mol. The predicted molar refractivity (Wildman–Crippen MR) is 78.4 cm³/mol. The molecule has 1 N–H and O–H groups in total. The van der Waals surface area contributed by atoms with Crippen molar-refractivity contribution >= 4 is 0 Å². The van der Waals surface area contributed by atoms with Crippen molar-refractivity contribution in [2.24, 2.45) is 5.92 Å². The first-order valence-electron chi connectivity index (χ1n) is 8.22. The van der Waals surface area contributed by atoms with E-state index in [4.69, 9.17) is 9.47 Å². The highest BCUT2D eigenvalue weighted by Crippen LogP contribution is 2.34. The fourth-order valence-electron chi connectivity index (χ4n) is 3.46. The molecule has 5 atom stereocenters. The maximum atomic E-state index is 6.34. The van der Waals surface area contributed by atoms with Crippen molar-refractivity contribution < 1.29 is 9.47 Å². The second-order valence-electron chi connectivity index (χ2n) is 6.20. The number of hydrogen-bond donors (Lipinski definition) is 1. The smallest absolute Gasteiger partial charge is 0.0990 e. The Morgan fingerprint density at radius 2 is 2.00 bits per heavy atom. The van der Waals surface area contributed by atoms with E-state index in [9.17, 15) is 0 Å². The van der Waals surface area contributed by atoms with Crippen LogP contribution in [-0.2, 0) is 9.47 Å². The zero-order valence-electron chi connectivity index (χ0n) is 12.9. The van der Waals surface area contributed by atoms with Crippen LogP contribution in [0, 0.1) is 5.92 Å². The Hall–Kier alpha value is -0.120. The van der Waals surface area contributed by atoms with E-state index >= 15 is 0 Å². The molecule has 0 aromatic rings. The van der Waals surface area contributed by atoms with Crippen molar-refractivity contribution in [2.45, 2.75) is 83.1 Å². The molecule has 0 saturated heterocycles. The lowest BCUT2D eigenvalue weighted by atomic mass is 9.83. The molecule has 112 valence electrons. The molecule has 2 aliphatic rings. The molecule has 2 saturated carbocycles. The quantitative estimate of drug-likeness (QED) is 0.770. The number of rotatable bonds is 7. The van der Waals surface area contributed by atoms with Gasteiger partial charge in [0.05, 0.1) is 18.3 Å². The summed E-state index contributed by atoms with van der Waals surface area (Å²) in [5, 5.41) is 3.34. The first kappa shape index (κ1) is 15.3. The van der Waals surface area contributed by atoms with Crippen LogP contribution in [0.5, 0.6) is 0 Å². The van der Waals surface area contributed by atoms with Crippen molar-refractivity contribution in [1.29, 1.82) is 0 Å². The molecule has 0 aromatic carbocycles. The average molecular weight is 269 g/mol. The van der Waals surface area contributed by atoms with Gasteiger partial charge in [-0.15, -0.1) is 0 Å². The minimum atomic E-state index is 0.270. The summed E-state index contributed by atoms with van der Waals surface area (Å²) < 4.78 is 12.3. The third-order valence-corrected chi connectivity index (χ3v) is 4.81. The minimum absolute atomic E-state index is 0.270. The average Bonchev–Trinajstić information content (AvgIpc) is 2.43. The molecule has 19 heavy (non-hydrogen) atoms. The Morgan fingerprint density at radius 3 is 2.68 bits per heavy atom. The zero-order chi connectivity index (χ0) is 13.7. The lowest BCUT2D eigenvalue weighted by molar-refractivity contribution is -0.174. The number of hydrogen-bond acceptors (Lipinski definition) is 3. The van der Waals surface area contributed by atoms with Gasteiger partial charge in [-0.2, -0.15) is 0 Å². The topological polar surface area (TPSA) is 30.5 Å². The van der Waals surface area contributed by atoms with Gasteiger partial charge in [-0.05, 0) is 38.6 Å². The first-order chi connectivity index (χ1) is 9.28. The van der Waals surface area contributed by atoms with Crippen LogP contribution in [-0.4, -0.2) is 38.0 Å². The van der Waals surface area contributed by atoms with Crippen molar-refractivity contribution in [3.8, 4) is 0 Å². The number of nitrogens with one attached hydrogen (secondary N) is 1. The Bertz CT molecular complexity index is 259. The molecular formula is C16H31NO2. The molecule has 2 rings (SSSR count). The molecule has 3 heteroatoms. The lowest BCUT2D eigenvalue weighted by Gasteiger charge is -2.46. The SMILES string of the molecule is CCCOC1C(NC)CC1OC1CCCC(CC)C1. The van der Waals surface area contributed by atoms with E-state index in [2.05, 4.69) is 19.2 Å². The molecule has 5 unspecified atom stereocenters. The second kappa shape index (κ2) is 7.61. The van der Waals surface area contributed by atoms with Crippen molar-refractivity contribution in [1.82, 2.24) is 5.32 Å². The van der Waals surface area contributed by atoms with Crippen LogP contribution < -0.4 is 5.32 Å². The van der Waals surface area contributed by atoms with E-state index < -0.39 is 0 Å². The highest BCUT2D eigenvalue weighted by Gasteiger charge is 2.43. The van der Waals surface area contributed by atoms with Gasteiger partial charge in [-0.1, -0.05) is 33.1 Å². The normalized spacial score (nSPS) is 39.0.